The lowest BCUT2D eigenvalue weighted by atomic mass is 10.1. The third-order valence-electron chi connectivity index (χ3n) is 3.48. The van der Waals surface area contributed by atoms with E-state index in [1.54, 1.807) is 24.4 Å². The predicted molar refractivity (Wildman–Crippen MR) is 98.8 cm³/mol. The summed E-state index contributed by atoms with van der Waals surface area (Å²) in [6.45, 7) is 0. The number of halogens is 2. The Kier molecular flexibility index (Phi) is 5.16. The molecule has 2 aromatic heterocycles. The zero-order valence-corrected chi connectivity index (χ0v) is 14.6. The highest BCUT2D eigenvalue weighted by Gasteiger charge is 2.13. The van der Waals surface area contributed by atoms with Gasteiger partial charge in [-0.05, 0) is 42.5 Å². The Morgan fingerprint density at radius 2 is 1.81 bits per heavy atom. The standard InChI is InChI=1S/C18H11Cl2N3O3/c19-13-5-4-11(8-12(13)18(25)26)23-17(24)15-6-3-10(9-22-15)16-14(20)2-1-7-21-16/h1-9H,(H,23,24)(H,25,26). The van der Waals surface area contributed by atoms with Gasteiger partial charge in [-0.2, -0.15) is 0 Å². The molecule has 6 nitrogen and oxygen atoms in total. The van der Waals surface area contributed by atoms with E-state index < -0.39 is 11.9 Å². The van der Waals surface area contributed by atoms with Gasteiger partial charge < -0.3 is 10.4 Å². The summed E-state index contributed by atoms with van der Waals surface area (Å²) < 4.78 is 0. The molecule has 1 aromatic carbocycles. The molecule has 8 heteroatoms. The number of carbonyl (C=O) groups is 2. The van der Waals surface area contributed by atoms with Gasteiger partial charge >= 0.3 is 5.97 Å². The van der Waals surface area contributed by atoms with Crippen LogP contribution in [0.5, 0.6) is 0 Å². The Morgan fingerprint density at radius 1 is 1.00 bits per heavy atom. The third kappa shape index (κ3) is 3.82. The van der Waals surface area contributed by atoms with Gasteiger partial charge in [0.1, 0.15) is 5.69 Å². The number of rotatable bonds is 4. The van der Waals surface area contributed by atoms with Crippen molar-refractivity contribution in [2.45, 2.75) is 0 Å². The lowest BCUT2D eigenvalue weighted by Gasteiger charge is -2.08. The van der Waals surface area contributed by atoms with Crippen LogP contribution >= 0.6 is 23.2 Å². The molecule has 0 bridgehead atoms. The molecule has 3 rings (SSSR count). The molecule has 0 spiro atoms. The van der Waals surface area contributed by atoms with E-state index in [2.05, 4.69) is 15.3 Å². The molecule has 0 aliphatic heterocycles. The second-order valence-corrected chi connectivity index (χ2v) is 6.03. The quantitative estimate of drug-likeness (QED) is 0.691. The molecule has 0 unspecified atom stereocenters. The van der Waals surface area contributed by atoms with Crippen LogP contribution < -0.4 is 5.32 Å². The molecule has 2 N–H and O–H groups in total. The van der Waals surface area contributed by atoms with E-state index in [-0.39, 0.29) is 16.3 Å². The Bertz CT molecular complexity index is 991. The molecule has 0 aliphatic rings. The number of aromatic nitrogens is 2. The first-order valence-corrected chi connectivity index (χ1v) is 8.12. The molecule has 3 aromatic rings. The SMILES string of the molecule is O=C(Nc1ccc(Cl)c(C(=O)O)c1)c1ccc(-c2ncccc2Cl)cn1. The molecule has 130 valence electrons. The monoisotopic (exact) mass is 387 g/mol. The summed E-state index contributed by atoms with van der Waals surface area (Å²) in [6.07, 6.45) is 3.11. The summed E-state index contributed by atoms with van der Waals surface area (Å²) in [6, 6.07) is 10.8. The molecule has 0 fully saturated rings. The molecule has 2 heterocycles. The maximum Gasteiger partial charge on any atom is 0.337 e. The first-order chi connectivity index (χ1) is 12.5. The Hall–Kier alpha value is -2.96. The highest BCUT2D eigenvalue weighted by Crippen LogP contribution is 2.25. The first kappa shape index (κ1) is 17.8. The van der Waals surface area contributed by atoms with Crippen LogP contribution in [0, 0.1) is 0 Å². The van der Waals surface area contributed by atoms with Crippen LogP contribution in [0.15, 0.2) is 54.9 Å². The number of carboxylic acids is 1. The van der Waals surface area contributed by atoms with E-state index in [1.165, 1.54) is 30.5 Å². The number of nitrogens with zero attached hydrogens (tertiary/aromatic N) is 2. The number of amides is 1. The number of carbonyl (C=O) groups excluding carboxylic acids is 1. The van der Waals surface area contributed by atoms with Crippen molar-refractivity contribution in [3.63, 3.8) is 0 Å². The number of anilines is 1. The van der Waals surface area contributed by atoms with Gasteiger partial charge in [0, 0.05) is 23.6 Å². The van der Waals surface area contributed by atoms with Gasteiger partial charge in [0.2, 0.25) is 0 Å². The number of carboxylic acid groups (broad SMARTS) is 1. The van der Waals surface area contributed by atoms with Gasteiger partial charge in [0.05, 0.1) is 21.3 Å². The van der Waals surface area contributed by atoms with Crippen LogP contribution in [-0.4, -0.2) is 27.0 Å². The summed E-state index contributed by atoms with van der Waals surface area (Å²) in [5.41, 5.74) is 1.60. The number of hydrogen-bond acceptors (Lipinski definition) is 4. The van der Waals surface area contributed by atoms with Crippen LogP contribution in [0.2, 0.25) is 10.0 Å². The molecule has 0 radical (unpaired) electrons. The van der Waals surface area contributed by atoms with Crippen LogP contribution in [0.3, 0.4) is 0 Å². The van der Waals surface area contributed by atoms with E-state index in [9.17, 15) is 9.59 Å². The summed E-state index contributed by atoms with van der Waals surface area (Å²) in [5, 5.41) is 12.2. The Labute approximate surface area is 158 Å². The van der Waals surface area contributed by atoms with E-state index >= 15 is 0 Å². The highest BCUT2D eigenvalue weighted by molar-refractivity contribution is 6.33. The van der Waals surface area contributed by atoms with Crippen molar-refractivity contribution in [3.8, 4) is 11.3 Å². The van der Waals surface area contributed by atoms with Crippen LogP contribution in [0.1, 0.15) is 20.8 Å². The largest absolute Gasteiger partial charge is 0.478 e. The van der Waals surface area contributed by atoms with Crippen molar-refractivity contribution in [1.82, 2.24) is 9.97 Å². The minimum Gasteiger partial charge on any atom is -0.478 e. The van der Waals surface area contributed by atoms with Crippen LogP contribution in [0.25, 0.3) is 11.3 Å². The summed E-state index contributed by atoms with van der Waals surface area (Å²) in [5.74, 6) is -1.66. The minimum absolute atomic E-state index is 0.0882. The van der Waals surface area contributed by atoms with Crippen molar-refractivity contribution >= 4 is 40.8 Å². The fourth-order valence-electron chi connectivity index (χ4n) is 2.23. The maximum atomic E-state index is 12.3. The highest BCUT2D eigenvalue weighted by atomic mass is 35.5. The Morgan fingerprint density at radius 3 is 2.46 bits per heavy atom. The zero-order chi connectivity index (χ0) is 18.7. The van der Waals surface area contributed by atoms with Gasteiger partial charge in [0.25, 0.3) is 5.91 Å². The summed E-state index contributed by atoms with van der Waals surface area (Å²) in [4.78, 5) is 31.7. The number of hydrogen-bond donors (Lipinski definition) is 2. The number of aromatic carboxylic acids is 1. The molecule has 0 saturated carbocycles. The number of benzene rings is 1. The summed E-state index contributed by atoms with van der Waals surface area (Å²) in [7, 11) is 0. The normalized spacial score (nSPS) is 10.4. The van der Waals surface area contributed by atoms with E-state index in [0.29, 0.717) is 22.0 Å². The van der Waals surface area contributed by atoms with Gasteiger partial charge in [-0.25, -0.2) is 4.79 Å². The van der Waals surface area contributed by atoms with Gasteiger partial charge in [-0.15, -0.1) is 0 Å². The van der Waals surface area contributed by atoms with Gasteiger partial charge in [-0.3, -0.25) is 14.8 Å². The van der Waals surface area contributed by atoms with Crippen LogP contribution in [0.4, 0.5) is 5.69 Å². The molecule has 0 aliphatic carbocycles. The smallest absolute Gasteiger partial charge is 0.337 e. The predicted octanol–water partition coefficient (Wildman–Crippen LogP) is 4.40. The first-order valence-electron chi connectivity index (χ1n) is 7.37. The second kappa shape index (κ2) is 7.51. The lowest BCUT2D eigenvalue weighted by molar-refractivity contribution is 0.0696. The molecule has 26 heavy (non-hydrogen) atoms. The zero-order valence-electron chi connectivity index (χ0n) is 13.1. The van der Waals surface area contributed by atoms with Crippen molar-refractivity contribution in [1.29, 1.82) is 0 Å². The van der Waals surface area contributed by atoms with Crippen molar-refractivity contribution in [2.24, 2.45) is 0 Å². The molecule has 0 atom stereocenters. The van der Waals surface area contributed by atoms with Crippen molar-refractivity contribution < 1.29 is 14.7 Å². The maximum absolute atomic E-state index is 12.3. The van der Waals surface area contributed by atoms with E-state index in [0.717, 1.165) is 0 Å². The average molecular weight is 388 g/mol. The van der Waals surface area contributed by atoms with Crippen LogP contribution in [-0.2, 0) is 0 Å². The molecular formula is C18H11Cl2N3O3. The molecule has 1 amide bonds. The number of pyridine rings is 2. The third-order valence-corrected chi connectivity index (χ3v) is 4.12. The van der Waals surface area contributed by atoms with E-state index in [4.69, 9.17) is 28.3 Å². The summed E-state index contributed by atoms with van der Waals surface area (Å²) >= 11 is 11.9. The van der Waals surface area contributed by atoms with Gasteiger partial charge in [0.15, 0.2) is 0 Å². The topological polar surface area (TPSA) is 92.2 Å². The van der Waals surface area contributed by atoms with Gasteiger partial charge in [-0.1, -0.05) is 23.2 Å². The van der Waals surface area contributed by atoms with Crippen molar-refractivity contribution in [3.05, 3.63) is 76.2 Å². The van der Waals surface area contributed by atoms with Crippen molar-refractivity contribution in [2.75, 3.05) is 5.32 Å². The Balaban J connectivity index is 1.80. The fraction of sp³-hybridized carbons (Fsp3) is 0. The molecular weight excluding hydrogens is 377 g/mol. The lowest BCUT2D eigenvalue weighted by Crippen LogP contribution is -2.14. The van der Waals surface area contributed by atoms with E-state index in [1.807, 2.05) is 0 Å². The minimum atomic E-state index is -1.18. The molecule has 0 saturated heterocycles. The average Bonchev–Trinajstić information content (AvgIpc) is 2.63. The second-order valence-electron chi connectivity index (χ2n) is 5.22. The fourth-order valence-corrected chi connectivity index (χ4v) is 2.66. The number of nitrogens with one attached hydrogen (secondary N) is 1.